The zero-order valence-corrected chi connectivity index (χ0v) is 11.4. The van der Waals surface area contributed by atoms with Crippen molar-refractivity contribution in [3.05, 3.63) is 11.9 Å². The number of hydrogen-bond donors (Lipinski definition) is 2. The number of alkyl halides is 3. The van der Waals surface area contributed by atoms with Gasteiger partial charge in [-0.25, -0.2) is 9.97 Å². The Balaban J connectivity index is 2.17. The highest BCUT2D eigenvalue weighted by molar-refractivity contribution is 5.48. The van der Waals surface area contributed by atoms with Crippen LogP contribution < -0.4 is 10.6 Å². The first-order valence-electron chi connectivity index (χ1n) is 6.89. The lowest BCUT2D eigenvalue weighted by atomic mass is 10.1. The van der Waals surface area contributed by atoms with Crippen LogP contribution in [0.1, 0.15) is 44.3 Å². The van der Waals surface area contributed by atoms with E-state index < -0.39 is 12.0 Å². The Bertz CT molecular complexity index is 440. The van der Waals surface area contributed by atoms with Gasteiger partial charge in [-0.05, 0) is 12.8 Å². The van der Waals surface area contributed by atoms with E-state index >= 15 is 0 Å². The molecule has 1 aliphatic carbocycles. The standard InChI is InChI=1S/C13H19F3N4/c1-17-10-8-11(20-12(19-10)13(14,15)16)18-9-6-4-2-3-5-7-9/h8-9H,2-7H2,1H3,(H2,17,18,19,20). The summed E-state index contributed by atoms with van der Waals surface area (Å²) < 4.78 is 38.2. The van der Waals surface area contributed by atoms with Gasteiger partial charge in [-0.1, -0.05) is 25.7 Å². The lowest BCUT2D eigenvalue weighted by molar-refractivity contribution is -0.144. The lowest BCUT2D eigenvalue weighted by Gasteiger charge is -2.18. The van der Waals surface area contributed by atoms with Crippen molar-refractivity contribution in [2.45, 2.75) is 50.7 Å². The zero-order valence-electron chi connectivity index (χ0n) is 11.4. The third-order valence-corrected chi connectivity index (χ3v) is 3.44. The van der Waals surface area contributed by atoms with Crippen molar-refractivity contribution in [2.24, 2.45) is 0 Å². The third-order valence-electron chi connectivity index (χ3n) is 3.44. The van der Waals surface area contributed by atoms with Gasteiger partial charge >= 0.3 is 6.18 Å². The van der Waals surface area contributed by atoms with Gasteiger partial charge in [0.05, 0.1) is 0 Å². The number of aromatic nitrogens is 2. The number of halogens is 3. The van der Waals surface area contributed by atoms with Gasteiger partial charge in [-0.2, -0.15) is 13.2 Å². The monoisotopic (exact) mass is 288 g/mol. The third kappa shape index (κ3) is 3.98. The summed E-state index contributed by atoms with van der Waals surface area (Å²) in [4.78, 5) is 7.04. The predicted molar refractivity (Wildman–Crippen MR) is 71.7 cm³/mol. The predicted octanol–water partition coefficient (Wildman–Crippen LogP) is 3.67. The Morgan fingerprint density at radius 3 is 2.20 bits per heavy atom. The molecular formula is C13H19F3N4. The molecule has 0 bridgehead atoms. The Labute approximate surface area is 116 Å². The van der Waals surface area contributed by atoms with Crippen molar-refractivity contribution < 1.29 is 13.2 Å². The van der Waals surface area contributed by atoms with E-state index in [1.807, 2.05) is 0 Å². The van der Waals surface area contributed by atoms with Crippen LogP contribution in [0.4, 0.5) is 24.8 Å². The molecule has 0 aliphatic heterocycles. The minimum absolute atomic E-state index is 0.170. The maximum absolute atomic E-state index is 12.7. The van der Waals surface area contributed by atoms with Crippen LogP contribution in [0, 0.1) is 0 Å². The van der Waals surface area contributed by atoms with Crippen molar-refractivity contribution in [3.63, 3.8) is 0 Å². The summed E-state index contributed by atoms with van der Waals surface area (Å²) in [5.74, 6) is -0.701. The van der Waals surface area contributed by atoms with Gasteiger partial charge in [0.1, 0.15) is 11.6 Å². The number of anilines is 2. The first kappa shape index (κ1) is 14.9. The van der Waals surface area contributed by atoms with Gasteiger partial charge in [0.15, 0.2) is 0 Å². The summed E-state index contributed by atoms with van der Waals surface area (Å²) in [7, 11) is 1.54. The maximum atomic E-state index is 12.7. The van der Waals surface area contributed by atoms with Crippen molar-refractivity contribution in [1.29, 1.82) is 0 Å². The first-order valence-corrected chi connectivity index (χ1v) is 6.89. The lowest BCUT2D eigenvalue weighted by Crippen LogP contribution is -2.21. The minimum Gasteiger partial charge on any atom is -0.373 e. The summed E-state index contributed by atoms with van der Waals surface area (Å²) in [6, 6.07) is 1.71. The fourth-order valence-corrected chi connectivity index (χ4v) is 2.41. The van der Waals surface area contributed by atoms with E-state index in [1.54, 1.807) is 0 Å². The van der Waals surface area contributed by atoms with Gasteiger partial charge in [-0.3, -0.25) is 0 Å². The normalized spacial score (nSPS) is 17.6. The van der Waals surface area contributed by atoms with Gasteiger partial charge < -0.3 is 10.6 Å². The van der Waals surface area contributed by atoms with E-state index in [-0.39, 0.29) is 17.7 Å². The molecule has 1 aromatic heterocycles. The van der Waals surface area contributed by atoms with Gasteiger partial charge in [-0.15, -0.1) is 0 Å². The minimum atomic E-state index is -4.53. The molecule has 0 amide bonds. The SMILES string of the molecule is CNc1cc(NC2CCCCCC2)nc(C(F)(F)F)n1. The van der Waals surface area contributed by atoms with Crippen molar-refractivity contribution >= 4 is 11.6 Å². The molecule has 2 N–H and O–H groups in total. The first-order chi connectivity index (χ1) is 9.49. The molecule has 0 spiro atoms. The highest BCUT2D eigenvalue weighted by Gasteiger charge is 2.35. The molecule has 112 valence electrons. The van der Waals surface area contributed by atoms with E-state index in [2.05, 4.69) is 20.6 Å². The van der Waals surface area contributed by atoms with Crippen molar-refractivity contribution in [3.8, 4) is 0 Å². The molecule has 1 heterocycles. The van der Waals surface area contributed by atoms with Crippen LogP contribution in [0.5, 0.6) is 0 Å². The van der Waals surface area contributed by atoms with Crippen LogP contribution in [0.3, 0.4) is 0 Å². The van der Waals surface area contributed by atoms with E-state index in [9.17, 15) is 13.2 Å². The topological polar surface area (TPSA) is 49.8 Å². The molecule has 4 nitrogen and oxygen atoms in total. The Morgan fingerprint density at radius 1 is 1.05 bits per heavy atom. The van der Waals surface area contributed by atoms with Crippen LogP contribution in [0.15, 0.2) is 6.07 Å². The second kappa shape index (κ2) is 6.28. The fraction of sp³-hybridized carbons (Fsp3) is 0.692. The van der Waals surface area contributed by atoms with E-state index in [0.29, 0.717) is 0 Å². The highest BCUT2D eigenvalue weighted by Crippen LogP contribution is 2.29. The van der Waals surface area contributed by atoms with E-state index in [4.69, 9.17) is 0 Å². The molecule has 0 aromatic carbocycles. The van der Waals surface area contributed by atoms with Gasteiger partial charge in [0.2, 0.25) is 5.82 Å². The number of rotatable bonds is 3. The summed E-state index contributed by atoms with van der Waals surface area (Å²) in [5, 5.41) is 5.76. The smallest absolute Gasteiger partial charge is 0.373 e. The number of hydrogen-bond acceptors (Lipinski definition) is 4. The van der Waals surface area contributed by atoms with Gasteiger partial charge in [0.25, 0.3) is 0 Å². The maximum Gasteiger partial charge on any atom is 0.451 e. The molecule has 7 heteroatoms. The second-order valence-corrected chi connectivity index (χ2v) is 5.04. The van der Waals surface area contributed by atoms with Crippen LogP contribution >= 0.6 is 0 Å². The molecular weight excluding hydrogens is 269 g/mol. The fourth-order valence-electron chi connectivity index (χ4n) is 2.41. The van der Waals surface area contributed by atoms with E-state index in [1.165, 1.54) is 26.0 Å². The Morgan fingerprint density at radius 2 is 1.65 bits per heavy atom. The van der Waals surface area contributed by atoms with Crippen molar-refractivity contribution in [2.75, 3.05) is 17.7 Å². The number of nitrogens with one attached hydrogen (secondary N) is 2. The molecule has 0 unspecified atom stereocenters. The quantitative estimate of drug-likeness (QED) is 0.833. The molecule has 0 radical (unpaired) electrons. The molecule has 0 atom stereocenters. The van der Waals surface area contributed by atoms with Crippen LogP contribution in [-0.4, -0.2) is 23.1 Å². The molecule has 20 heavy (non-hydrogen) atoms. The zero-order chi connectivity index (χ0) is 14.6. The van der Waals surface area contributed by atoms with Crippen LogP contribution in [0.25, 0.3) is 0 Å². The van der Waals surface area contributed by atoms with Crippen LogP contribution in [-0.2, 0) is 6.18 Å². The molecule has 1 saturated carbocycles. The summed E-state index contributed by atoms with van der Waals surface area (Å²) in [6.07, 6.45) is 2.00. The molecule has 1 fully saturated rings. The molecule has 1 aromatic rings. The average molecular weight is 288 g/mol. The Hall–Kier alpha value is -1.53. The number of nitrogens with zero attached hydrogens (tertiary/aromatic N) is 2. The summed E-state index contributed by atoms with van der Waals surface area (Å²) >= 11 is 0. The molecule has 0 saturated heterocycles. The average Bonchev–Trinajstić information content (AvgIpc) is 2.66. The second-order valence-electron chi connectivity index (χ2n) is 5.04. The Kier molecular flexibility index (Phi) is 4.67. The highest BCUT2D eigenvalue weighted by atomic mass is 19.4. The summed E-state index contributed by atoms with van der Waals surface area (Å²) in [5.41, 5.74) is 0. The molecule has 2 rings (SSSR count). The summed E-state index contributed by atoms with van der Waals surface area (Å²) in [6.45, 7) is 0. The largest absolute Gasteiger partial charge is 0.451 e. The van der Waals surface area contributed by atoms with Gasteiger partial charge in [0, 0.05) is 19.2 Å². The molecule has 1 aliphatic rings. The van der Waals surface area contributed by atoms with Crippen molar-refractivity contribution in [1.82, 2.24) is 9.97 Å². The van der Waals surface area contributed by atoms with E-state index in [0.717, 1.165) is 25.7 Å². The van der Waals surface area contributed by atoms with Crippen LogP contribution in [0.2, 0.25) is 0 Å².